The number of rotatable bonds is 5. The van der Waals surface area contributed by atoms with E-state index < -0.39 is 0 Å². The maximum absolute atomic E-state index is 5.98. The molecule has 2 rings (SSSR count). The molecule has 2 N–H and O–H groups in total. The van der Waals surface area contributed by atoms with E-state index in [2.05, 4.69) is 37.1 Å². The van der Waals surface area contributed by atoms with Crippen LogP contribution < -0.4 is 10.6 Å². The van der Waals surface area contributed by atoms with Crippen molar-refractivity contribution in [3.8, 4) is 0 Å². The van der Waals surface area contributed by atoms with Crippen LogP contribution in [0.3, 0.4) is 0 Å². The Balaban J connectivity index is 2.33. The second-order valence-corrected chi connectivity index (χ2v) is 6.65. The molecule has 0 saturated carbocycles. The van der Waals surface area contributed by atoms with E-state index in [9.17, 15) is 0 Å². The molecule has 0 unspecified atom stereocenters. The summed E-state index contributed by atoms with van der Waals surface area (Å²) in [6.45, 7) is 3.81. The maximum Gasteiger partial charge on any atom is 0.107 e. The van der Waals surface area contributed by atoms with Gasteiger partial charge in [0.25, 0.3) is 0 Å². The van der Waals surface area contributed by atoms with E-state index in [1.165, 1.54) is 4.90 Å². The highest BCUT2D eigenvalue weighted by Gasteiger charge is 2.22. The van der Waals surface area contributed by atoms with Gasteiger partial charge < -0.3 is 15.4 Å². The number of nitrogens with zero attached hydrogens (tertiary/aromatic N) is 1. The van der Waals surface area contributed by atoms with Crippen molar-refractivity contribution in [2.75, 3.05) is 30.9 Å². The predicted molar refractivity (Wildman–Crippen MR) is 91.0 cm³/mol. The molecule has 1 heterocycles. The highest BCUT2D eigenvalue weighted by Crippen LogP contribution is 2.32. The van der Waals surface area contributed by atoms with Crippen molar-refractivity contribution in [1.82, 2.24) is 0 Å². The average molecular weight is 310 g/mol. The van der Waals surface area contributed by atoms with Crippen LogP contribution in [0.5, 0.6) is 0 Å². The predicted octanol–water partition coefficient (Wildman–Crippen LogP) is 3.05. The van der Waals surface area contributed by atoms with Crippen LogP contribution in [0.1, 0.15) is 25.3 Å². The van der Waals surface area contributed by atoms with Crippen LogP contribution in [0, 0.1) is 0 Å². The Morgan fingerprint density at radius 3 is 2.75 bits per heavy atom. The zero-order valence-corrected chi connectivity index (χ0v) is 13.7. The third-order valence-corrected chi connectivity index (χ3v) is 4.81. The van der Waals surface area contributed by atoms with Crippen LogP contribution in [0.15, 0.2) is 23.1 Å². The summed E-state index contributed by atoms with van der Waals surface area (Å²) < 4.78 is 5.44. The van der Waals surface area contributed by atoms with Crippen molar-refractivity contribution in [1.29, 1.82) is 0 Å². The van der Waals surface area contributed by atoms with E-state index in [4.69, 9.17) is 22.7 Å². The van der Waals surface area contributed by atoms with Crippen molar-refractivity contribution in [3.63, 3.8) is 0 Å². The zero-order chi connectivity index (χ0) is 14.5. The Bertz CT molecular complexity index is 473. The second-order valence-electron chi connectivity index (χ2n) is 4.90. The van der Waals surface area contributed by atoms with Crippen molar-refractivity contribution < 1.29 is 4.74 Å². The number of anilines is 1. The van der Waals surface area contributed by atoms with Crippen LogP contribution in [-0.4, -0.2) is 37.0 Å². The van der Waals surface area contributed by atoms with Gasteiger partial charge in [-0.3, -0.25) is 0 Å². The van der Waals surface area contributed by atoms with Gasteiger partial charge in [-0.25, -0.2) is 0 Å². The summed E-state index contributed by atoms with van der Waals surface area (Å²) in [7, 11) is 2.13. The summed E-state index contributed by atoms with van der Waals surface area (Å²) in [4.78, 5) is 3.98. The third kappa shape index (κ3) is 3.45. The van der Waals surface area contributed by atoms with E-state index in [1.807, 2.05) is 0 Å². The van der Waals surface area contributed by atoms with E-state index in [0.717, 1.165) is 43.1 Å². The Morgan fingerprint density at radius 1 is 1.45 bits per heavy atom. The molecule has 110 valence electrons. The molecule has 1 aliphatic heterocycles. The van der Waals surface area contributed by atoms with Crippen molar-refractivity contribution >= 4 is 34.7 Å². The highest BCUT2D eigenvalue weighted by atomic mass is 32.2. The van der Waals surface area contributed by atoms with Crippen LogP contribution in [0.4, 0.5) is 5.69 Å². The van der Waals surface area contributed by atoms with Gasteiger partial charge in [-0.15, -0.1) is 11.8 Å². The van der Waals surface area contributed by atoms with Crippen molar-refractivity contribution in [2.45, 2.75) is 30.7 Å². The lowest BCUT2D eigenvalue weighted by atomic mass is 10.0. The Morgan fingerprint density at radius 2 is 2.15 bits per heavy atom. The van der Waals surface area contributed by atoms with Gasteiger partial charge >= 0.3 is 0 Å². The molecule has 1 saturated heterocycles. The number of hydrogen-bond acceptors (Lipinski definition) is 4. The number of thioether (sulfide) groups is 1. The molecule has 0 atom stereocenters. The number of thiocarbonyl (C=S) groups is 1. The lowest BCUT2D eigenvalue weighted by molar-refractivity contribution is 0.0855. The summed E-state index contributed by atoms with van der Waals surface area (Å²) in [5.41, 5.74) is 8.14. The molecule has 0 spiro atoms. The molecule has 1 fully saturated rings. The number of hydrogen-bond donors (Lipinski definition) is 1. The Kier molecular flexibility index (Phi) is 5.69. The van der Waals surface area contributed by atoms with Crippen LogP contribution in [0.2, 0.25) is 0 Å². The fourth-order valence-electron chi connectivity index (χ4n) is 2.61. The van der Waals surface area contributed by atoms with Gasteiger partial charge in [-0.05, 0) is 30.7 Å². The molecule has 1 aromatic rings. The SMILES string of the molecule is CCSc1cccc(N(C)C2CCOCC2)c1C(N)=S. The first-order valence-corrected chi connectivity index (χ1v) is 8.40. The first-order chi connectivity index (χ1) is 9.65. The van der Waals surface area contributed by atoms with E-state index in [1.54, 1.807) is 11.8 Å². The fourth-order valence-corrected chi connectivity index (χ4v) is 3.73. The lowest BCUT2D eigenvalue weighted by Gasteiger charge is -2.34. The number of benzene rings is 1. The minimum absolute atomic E-state index is 0.482. The largest absolute Gasteiger partial charge is 0.389 e. The molecular weight excluding hydrogens is 288 g/mol. The topological polar surface area (TPSA) is 38.5 Å². The van der Waals surface area contributed by atoms with Gasteiger partial charge in [-0.1, -0.05) is 25.2 Å². The highest BCUT2D eigenvalue weighted by molar-refractivity contribution is 7.99. The molecule has 0 aliphatic carbocycles. The average Bonchev–Trinajstić information content (AvgIpc) is 2.47. The maximum atomic E-state index is 5.98. The quantitative estimate of drug-likeness (QED) is 0.668. The molecule has 20 heavy (non-hydrogen) atoms. The molecule has 3 nitrogen and oxygen atoms in total. The van der Waals surface area contributed by atoms with Gasteiger partial charge in [0.2, 0.25) is 0 Å². The molecule has 5 heteroatoms. The van der Waals surface area contributed by atoms with Crippen LogP contribution >= 0.6 is 24.0 Å². The molecule has 1 aromatic carbocycles. The summed E-state index contributed by atoms with van der Waals surface area (Å²) in [5.74, 6) is 1.01. The smallest absolute Gasteiger partial charge is 0.107 e. The number of ether oxygens (including phenoxy) is 1. The van der Waals surface area contributed by atoms with E-state index >= 15 is 0 Å². The lowest BCUT2D eigenvalue weighted by Crippen LogP contribution is -2.37. The first kappa shape index (κ1) is 15.6. The van der Waals surface area contributed by atoms with Gasteiger partial charge in [0.15, 0.2) is 0 Å². The summed E-state index contributed by atoms with van der Waals surface area (Å²) in [6.07, 6.45) is 2.11. The fraction of sp³-hybridized carbons (Fsp3) is 0.533. The summed E-state index contributed by atoms with van der Waals surface area (Å²) in [5, 5.41) is 0. The van der Waals surface area contributed by atoms with E-state index in [0.29, 0.717) is 11.0 Å². The minimum atomic E-state index is 0.482. The van der Waals surface area contributed by atoms with Gasteiger partial charge in [-0.2, -0.15) is 0 Å². The molecule has 0 radical (unpaired) electrons. The molecule has 0 amide bonds. The minimum Gasteiger partial charge on any atom is -0.389 e. The standard InChI is InChI=1S/C15H22N2OS2/c1-3-20-13-6-4-5-12(14(13)15(16)19)17(2)11-7-9-18-10-8-11/h4-6,11H,3,7-10H2,1-2H3,(H2,16,19). The third-order valence-electron chi connectivity index (χ3n) is 3.67. The van der Waals surface area contributed by atoms with Crippen LogP contribution in [0.25, 0.3) is 0 Å². The van der Waals surface area contributed by atoms with Gasteiger partial charge in [0, 0.05) is 42.4 Å². The van der Waals surface area contributed by atoms with Crippen LogP contribution in [-0.2, 0) is 4.74 Å². The molecule has 0 bridgehead atoms. The zero-order valence-electron chi connectivity index (χ0n) is 12.1. The summed E-state index contributed by atoms with van der Waals surface area (Å²) >= 11 is 7.07. The molecule has 1 aliphatic rings. The summed E-state index contributed by atoms with van der Waals surface area (Å²) in [6, 6.07) is 6.80. The Hall–Kier alpha value is -0.780. The Labute approximate surface area is 130 Å². The number of nitrogens with two attached hydrogens (primary N) is 1. The van der Waals surface area contributed by atoms with Crippen molar-refractivity contribution in [2.24, 2.45) is 5.73 Å². The first-order valence-electron chi connectivity index (χ1n) is 7.01. The van der Waals surface area contributed by atoms with Gasteiger partial charge in [0.05, 0.1) is 0 Å². The second kappa shape index (κ2) is 7.29. The molecular formula is C15H22N2OS2. The molecule has 0 aromatic heterocycles. The van der Waals surface area contributed by atoms with Crippen molar-refractivity contribution in [3.05, 3.63) is 23.8 Å². The monoisotopic (exact) mass is 310 g/mol. The van der Waals surface area contributed by atoms with E-state index in [-0.39, 0.29) is 0 Å². The van der Waals surface area contributed by atoms with Gasteiger partial charge in [0.1, 0.15) is 4.99 Å². The normalized spacial score (nSPS) is 16.1.